The van der Waals surface area contributed by atoms with Gasteiger partial charge in [0.1, 0.15) is 0 Å². The lowest BCUT2D eigenvalue weighted by Gasteiger charge is -1.69. The summed E-state index contributed by atoms with van der Waals surface area (Å²) in [5, 5.41) is 0. The molecule has 0 spiro atoms. The first-order valence-corrected chi connectivity index (χ1v) is 3.86. The fourth-order valence-corrected chi connectivity index (χ4v) is 0.385. The lowest BCUT2D eigenvalue weighted by Crippen LogP contribution is -1.47. The molecule has 0 saturated heterocycles. The van der Waals surface area contributed by atoms with E-state index in [0.717, 1.165) is 0 Å². The summed E-state index contributed by atoms with van der Waals surface area (Å²) in [6.07, 6.45) is 0. The molecule has 1 aromatic rings. The van der Waals surface area contributed by atoms with E-state index in [1.54, 1.807) is 0 Å². The van der Waals surface area contributed by atoms with E-state index in [4.69, 9.17) is 54.9 Å². The summed E-state index contributed by atoms with van der Waals surface area (Å²) in [5.74, 6) is 0. The fraction of sp³-hybridized carbons (Fsp3) is 0.250. The lowest BCUT2D eigenvalue weighted by molar-refractivity contribution is 0.108. The zero-order chi connectivity index (χ0) is 18.2. The molecule has 0 unspecified atom stereocenters. The molecule has 0 aliphatic rings. The van der Waals surface area contributed by atoms with Gasteiger partial charge in [-0.1, -0.05) is 50.2 Å². The van der Waals surface area contributed by atoms with Crippen LogP contribution < -0.4 is 0 Å². The summed E-state index contributed by atoms with van der Waals surface area (Å²) in [6.45, 7) is 4.00. The average Bonchev–Trinajstić information content (AvgIpc) is 2.68. The molecular formula is C8H13F13. The van der Waals surface area contributed by atoms with Crippen LogP contribution in [0.5, 0.6) is 0 Å². The number of benzene rings is 1. The lowest BCUT2D eigenvalue weighted by atomic mass is 10.4. The van der Waals surface area contributed by atoms with Crippen LogP contribution in [0.1, 0.15) is 13.8 Å². The molecule has 1 aromatic carbocycles. The molecule has 0 fully saturated rings. The van der Waals surface area contributed by atoms with Crippen molar-refractivity contribution >= 4 is 0 Å². The molecule has 21 heavy (non-hydrogen) atoms. The Morgan fingerprint density at radius 1 is 0.333 bits per heavy atom. The molecule has 13 heteroatoms. The van der Waals surface area contributed by atoms with Gasteiger partial charge >= 0.3 is 0 Å². The predicted octanol–water partition coefficient (Wildman–Crippen LogP) is 7.91. The monoisotopic (exact) mass is 356 g/mol. The van der Waals surface area contributed by atoms with Crippen LogP contribution in [0.15, 0.2) is 36.4 Å². The van der Waals surface area contributed by atoms with Crippen molar-refractivity contribution in [3.63, 3.8) is 0 Å². The molecule has 0 aliphatic carbocycles. The third-order valence-electron chi connectivity index (χ3n) is 0.667. The van der Waals surface area contributed by atoms with E-state index in [1.807, 2.05) is 50.2 Å². The van der Waals surface area contributed by atoms with Gasteiger partial charge in [0.15, 0.2) is 0 Å². The average molecular weight is 356 g/mol. The summed E-state index contributed by atoms with van der Waals surface area (Å²) >= 11 is 0. The third kappa shape index (κ3) is 262. The van der Waals surface area contributed by atoms with Gasteiger partial charge in [0.05, 0.1) is 0 Å². The van der Waals surface area contributed by atoms with Crippen LogP contribution in [0.2, 0.25) is 0 Å². The van der Waals surface area contributed by atoms with Gasteiger partial charge in [0.25, 0.3) is 0 Å². The van der Waals surface area contributed by atoms with Crippen molar-refractivity contribution in [1.29, 1.82) is 0 Å². The number of halogens is 13. The van der Waals surface area contributed by atoms with Crippen LogP contribution in [-0.2, 0) is 0 Å². The summed E-state index contributed by atoms with van der Waals surface area (Å²) < 4.78 is 96.0. The van der Waals surface area contributed by atoms with Crippen LogP contribution >= 0.6 is 0 Å². The molecule has 0 nitrogen and oxygen atoms in total. The molecule has 0 radical (unpaired) electrons. The zero-order valence-electron chi connectivity index (χ0n) is 10.4. The first-order chi connectivity index (χ1) is 10.0. The quantitative estimate of drug-likeness (QED) is 0.414. The molecule has 0 saturated carbocycles. The first-order valence-electron chi connectivity index (χ1n) is 3.86. The number of hydrogen-bond donors (Lipinski definition) is 0. The van der Waals surface area contributed by atoms with Gasteiger partial charge in [-0.3, -0.25) is 4.70 Å². The number of hydrogen-bond acceptors (Lipinski definition) is 0. The Labute approximate surface area is 111 Å². The molecule has 0 N–H and O–H groups in total. The highest BCUT2D eigenvalue weighted by atomic mass is 20.0. The van der Waals surface area contributed by atoms with Gasteiger partial charge in [-0.05, 0) is 0 Å². The van der Waals surface area contributed by atoms with Crippen LogP contribution in [0.3, 0.4) is 0 Å². The second-order valence-corrected chi connectivity index (χ2v) is 1.15. The highest BCUT2D eigenvalue weighted by molar-refractivity contribution is 4.99. The van der Waals surface area contributed by atoms with Crippen molar-refractivity contribution in [1.82, 2.24) is 0 Å². The van der Waals surface area contributed by atoms with E-state index in [2.05, 4.69) is 0 Å². The molecular weight excluding hydrogens is 343 g/mol. The SMILES string of the molecule is CC.F.FF.FF.FF.FF.FF.FF.c1ccccc1. The van der Waals surface area contributed by atoms with E-state index >= 15 is 0 Å². The van der Waals surface area contributed by atoms with E-state index in [-0.39, 0.29) is 4.70 Å². The van der Waals surface area contributed by atoms with Gasteiger partial charge in [-0.2, -0.15) is 0 Å². The summed E-state index contributed by atoms with van der Waals surface area (Å²) in [4.78, 5) is 0. The Morgan fingerprint density at radius 3 is 0.429 bits per heavy atom. The minimum absolute atomic E-state index is 0. The van der Waals surface area contributed by atoms with Crippen molar-refractivity contribution in [2.45, 2.75) is 13.8 Å². The first kappa shape index (κ1) is 50.6. The smallest absolute Gasteiger partial charge is 0 e. The molecule has 0 aliphatic heterocycles. The van der Waals surface area contributed by atoms with Crippen LogP contribution in [-0.4, -0.2) is 0 Å². The standard InChI is InChI=1S/C6H6.C2H6.6F2.FH/c1-2-4-6-5-3-1;7*1-2;/h1-6H;1-2H3;;;;;;;1H. The van der Waals surface area contributed by atoms with Gasteiger partial charge in [0, 0.05) is 54.9 Å². The van der Waals surface area contributed by atoms with E-state index in [1.165, 1.54) is 0 Å². The highest BCUT2D eigenvalue weighted by Crippen LogP contribution is 1.79. The van der Waals surface area contributed by atoms with Gasteiger partial charge < -0.3 is 0 Å². The Bertz CT molecular complexity index is 92.1. The molecule has 0 aromatic heterocycles. The Balaban J connectivity index is -0.0000000166. The molecule has 0 atom stereocenters. The Hall–Kier alpha value is -1.69. The fourth-order valence-electron chi connectivity index (χ4n) is 0.385. The third-order valence-corrected chi connectivity index (χ3v) is 0.667. The topological polar surface area (TPSA) is 0 Å². The Morgan fingerprint density at radius 2 is 0.381 bits per heavy atom. The van der Waals surface area contributed by atoms with E-state index in [9.17, 15) is 0 Å². The highest BCUT2D eigenvalue weighted by Gasteiger charge is 1.57. The van der Waals surface area contributed by atoms with Gasteiger partial charge in [-0.25, -0.2) is 0 Å². The summed E-state index contributed by atoms with van der Waals surface area (Å²) in [5.41, 5.74) is 0. The van der Waals surface area contributed by atoms with Crippen molar-refractivity contribution in [2.75, 3.05) is 0 Å². The van der Waals surface area contributed by atoms with Gasteiger partial charge in [0.2, 0.25) is 0 Å². The summed E-state index contributed by atoms with van der Waals surface area (Å²) in [6, 6.07) is 12.0. The molecule has 0 heterocycles. The molecule has 0 amide bonds. The molecule has 0 bridgehead atoms. The second kappa shape index (κ2) is 295. The summed E-state index contributed by atoms with van der Waals surface area (Å²) in [7, 11) is 0. The minimum Gasteiger partial charge on any atom is -0.269 e. The minimum atomic E-state index is 0. The number of rotatable bonds is 0. The zero-order valence-corrected chi connectivity index (χ0v) is 10.4. The normalized spacial score (nSPS) is 4.29. The second-order valence-electron chi connectivity index (χ2n) is 1.15. The van der Waals surface area contributed by atoms with E-state index < -0.39 is 0 Å². The van der Waals surface area contributed by atoms with Crippen molar-refractivity contribution in [3.8, 4) is 0 Å². The maximum absolute atomic E-state index is 8.00. The maximum Gasteiger partial charge on any atom is 0 e. The van der Waals surface area contributed by atoms with Crippen LogP contribution in [0.4, 0.5) is 59.6 Å². The van der Waals surface area contributed by atoms with Crippen LogP contribution in [0.25, 0.3) is 0 Å². The maximum atomic E-state index is 8.00. The van der Waals surface area contributed by atoms with Gasteiger partial charge in [-0.15, -0.1) is 0 Å². The Kier molecular flexibility index (Phi) is 712. The predicted molar refractivity (Wildman–Crippen MR) is 53.6 cm³/mol. The molecule has 136 valence electrons. The molecule has 1 rings (SSSR count). The van der Waals surface area contributed by atoms with Crippen molar-refractivity contribution in [2.24, 2.45) is 0 Å². The van der Waals surface area contributed by atoms with Crippen LogP contribution in [0, 0.1) is 0 Å². The van der Waals surface area contributed by atoms with Crippen molar-refractivity contribution in [3.05, 3.63) is 36.4 Å². The largest absolute Gasteiger partial charge is 0.269 e. The van der Waals surface area contributed by atoms with Crippen molar-refractivity contribution < 1.29 is 59.6 Å². The van der Waals surface area contributed by atoms with E-state index in [0.29, 0.717) is 0 Å².